The van der Waals surface area contributed by atoms with Gasteiger partial charge in [-0.1, -0.05) is 19.0 Å². The van der Waals surface area contributed by atoms with Crippen LogP contribution in [-0.4, -0.2) is 49.2 Å². The topological polar surface area (TPSA) is 88.0 Å². The summed E-state index contributed by atoms with van der Waals surface area (Å²) in [5.41, 5.74) is 0.704. The van der Waals surface area contributed by atoms with E-state index in [-0.39, 0.29) is 46.9 Å². The summed E-state index contributed by atoms with van der Waals surface area (Å²) in [5, 5.41) is 17.6. The van der Waals surface area contributed by atoms with E-state index >= 15 is 0 Å². The van der Waals surface area contributed by atoms with Crippen molar-refractivity contribution in [1.82, 2.24) is 5.32 Å². The smallest absolute Gasteiger partial charge is 0.142 e. The van der Waals surface area contributed by atoms with Gasteiger partial charge in [-0.05, 0) is 68.7 Å². The van der Waals surface area contributed by atoms with E-state index < -0.39 is 0 Å². The lowest BCUT2D eigenvalue weighted by Gasteiger charge is -2.60. The maximum absolute atomic E-state index is 13.6. The highest BCUT2D eigenvalue weighted by atomic mass is 16.6. The molecule has 162 valence electrons. The largest absolute Gasteiger partial charge is 0.396 e. The molecule has 4 aliphatic carbocycles. The molecule has 2 N–H and O–H groups in total. The molecule has 0 heterocycles. The van der Waals surface area contributed by atoms with Gasteiger partial charge in [-0.25, -0.2) is 0 Å². The van der Waals surface area contributed by atoms with E-state index in [9.17, 15) is 14.7 Å². The molecule has 0 aromatic carbocycles. The van der Waals surface area contributed by atoms with Crippen molar-refractivity contribution in [1.29, 1.82) is 0 Å². The molecule has 0 spiro atoms. The van der Waals surface area contributed by atoms with Crippen molar-refractivity contribution >= 4 is 17.3 Å². The lowest BCUT2D eigenvalue weighted by atomic mass is 9.43. The Bertz CT molecular complexity index is 707. The maximum Gasteiger partial charge on any atom is 0.142 e. The molecule has 4 rings (SSSR count). The van der Waals surface area contributed by atoms with Crippen LogP contribution >= 0.6 is 0 Å². The second-order valence-corrected chi connectivity index (χ2v) is 10.3. The van der Waals surface area contributed by atoms with E-state index in [0.717, 1.165) is 50.8 Å². The third-order valence-electron chi connectivity index (χ3n) is 9.09. The fourth-order valence-electron chi connectivity index (χ4n) is 7.33. The number of carbonyl (C=O) groups is 2. The Hall–Kier alpha value is -1.27. The number of hydrogen-bond donors (Lipinski definition) is 2. The average Bonchev–Trinajstić information content (AvgIpc) is 3.01. The van der Waals surface area contributed by atoms with Gasteiger partial charge in [0, 0.05) is 30.2 Å². The summed E-state index contributed by atoms with van der Waals surface area (Å²) in [6, 6.07) is 0. The number of carbonyl (C=O) groups excluding carboxylic acids is 2. The van der Waals surface area contributed by atoms with Gasteiger partial charge in [0.15, 0.2) is 0 Å². The third kappa shape index (κ3) is 3.18. The highest BCUT2D eigenvalue weighted by Crippen LogP contribution is 2.65. The number of aliphatic hydroxyl groups is 1. The van der Waals surface area contributed by atoms with Gasteiger partial charge >= 0.3 is 0 Å². The van der Waals surface area contributed by atoms with Crippen molar-refractivity contribution in [2.45, 2.75) is 58.8 Å². The second-order valence-electron chi connectivity index (χ2n) is 10.3. The molecule has 0 aromatic rings. The van der Waals surface area contributed by atoms with Crippen molar-refractivity contribution in [3.63, 3.8) is 0 Å². The molecule has 0 radical (unpaired) electrons. The Balaban J connectivity index is 1.61. The number of oxime groups is 1. The van der Waals surface area contributed by atoms with Crippen molar-refractivity contribution in [2.24, 2.45) is 45.6 Å². The van der Waals surface area contributed by atoms with Crippen LogP contribution in [0.1, 0.15) is 58.8 Å². The molecule has 29 heavy (non-hydrogen) atoms. The van der Waals surface area contributed by atoms with E-state index in [2.05, 4.69) is 24.3 Å². The van der Waals surface area contributed by atoms with Gasteiger partial charge in [0.25, 0.3) is 0 Å². The highest BCUT2D eigenvalue weighted by molar-refractivity contribution is 5.93. The molecule has 0 bridgehead atoms. The summed E-state index contributed by atoms with van der Waals surface area (Å²) >= 11 is 0. The summed E-state index contributed by atoms with van der Waals surface area (Å²) in [6.45, 7) is 5.60. The molecule has 0 aliphatic heterocycles. The molecule has 0 aromatic heterocycles. The number of hydrogen-bond acceptors (Lipinski definition) is 6. The predicted molar refractivity (Wildman–Crippen MR) is 110 cm³/mol. The zero-order valence-corrected chi connectivity index (χ0v) is 18.1. The molecular weight excluding hydrogens is 368 g/mol. The first-order chi connectivity index (χ1) is 13.9. The van der Waals surface area contributed by atoms with Crippen LogP contribution in [0.4, 0.5) is 0 Å². The van der Waals surface area contributed by atoms with Crippen molar-refractivity contribution in [2.75, 3.05) is 26.8 Å². The fourth-order valence-corrected chi connectivity index (χ4v) is 7.33. The normalized spacial score (nSPS) is 45.7. The van der Waals surface area contributed by atoms with Crippen LogP contribution in [0.5, 0.6) is 0 Å². The Labute approximate surface area is 173 Å². The monoisotopic (exact) mass is 404 g/mol. The average molecular weight is 405 g/mol. The molecule has 6 nitrogen and oxygen atoms in total. The molecule has 0 amide bonds. The SMILES string of the molecule is CNCCON=C1CC[C@@]2(C)C(C1)[C@@H](CO)C(=O)[C@@H]1[C@@H]2CC[C@]2(C)C(=O)CC[C@@H]12. The number of aliphatic hydroxyl groups excluding tert-OH is 1. The quantitative estimate of drug-likeness (QED) is 0.543. The molecule has 0 saturated heterocycles. The predicted octanol–water partition coefficient (Wildman–Crippen LogP) is 2.59. The number of rotatable bonds is 5. The first-order valence-electron chi connectivity index (χ1n) is 11.4. The van der Waals surface area contributed by atoms with E-state index in [1.54, 1.807) is 0 Å². The first-order valence-corrected chi connectivity index (χ1v) is 11.4. The summed E-state index contributed by atoms with van der Waals surface area (Å²) in [5.74, 6) is 0.738. The van der Waals surface area contributed by atoms with Gasteiger partial charge in [-0.15, -0.1) is 0 Å². The van der Waals surface area contributed by atoms with Gasteiger partial charge in [0.2, 0.25) is 0 Å². The summed E-state index contributed by atoms with van der Waals surface area (Å²) in [4.78, 5) is 31.7. The van der Waals surface area contributed by atoms with Crippen LogP contribution in [0.3, 0.4) is 0 Å². The number of fused-ring (bicyclic) bond motifs is 5. The van der Waals surface area contributed by atoms with Gasteiger partial charge in [-0.3, -0.25) is 9.59 Å². The minimum Gasteiger partial charge on any atom is -0.396 e. The van der Waals surface area contributed by atoms with E-state index in [1.807, 2.05) is 7.05 Å². The number of nitrogens with zero attached hydrogens (tertiary/aromatic N) is 1. The van der Waals surface area contributed by atoms with Crippen LogP contribution in [0.15, 0.2) is 5.16 Å². The minimum atomic E-state index is -0.345. The fraction of sp³-hybridized carbons (Fsp3) is 0.870. The summed E-state index contributed by atoms with van der Waals surface area (Å²) in [6.07, 6.45) is 5.92. The van der Waals surface area contributed by atoms with Gasteiger partial charge in [0.1, 0.15) is 18.2 Å². The first kappa shape index (κ1) is 21.0. The lowest BCUT2D eigenvalue weighted by Crippen LogP contribution is -2.61. The van der Waals surface area contributed by atoms with Gasteiger partial charge in [-0.2, -0.15) is 0 Å². The zero-order chi connectivity index (χ0) is 20.8. The molecule has 4 aliphatic rings. The minimum absolute atomic E-state index is 0.0168. The number of nitrogens with one attached hydrogen (secondary N) is 1. The Morgan fingerprint density at radius 3 is 2.66 bits per heavy atom. The van der Waals surface area contributed by atoms with E-state index in [4.69, 9.17) is 4.84 Å². The van der Waals surface area contributed by atoms with Crippen molar-refractivity contribution in [3.05, 3.63) is 0 Å². The zero-order valence-electron chi connectivity index (χ0n) is 18.1. The number of ketones is 2. The van der Waals surface area contributed by atoms with Gasteiger partial charge < -0.3 is 15.3 Å². The Morgan fingerprint density at radius 2 is 1.93 bits per heavy atom. The van der Waals surface area contributed by atoms with Crippen LogP contribution in [-0.2, 0) is 14.4 Å². The third-order valence-corrected chi connectivity index (χ3v) is 9.09. The summed E-state index contributed by atoms with van der Waals surface area (Å²) < 4.78 is 0. The Kier molecular flexibility index (Phi) is 5.62. The molecule has 1 unspecified atom stereocenters. The van der Waals surface area contributed by atoms with Crippen molar-refractivity contribution < 1.29 is 19.5 Å². The van der Waals surface area contributed by atoms with Crippen molar-refractivity contribution in [3.8, 4) is 0 Å². The molecule has 6 heteroatoms. The number of likely N-dealkylation sites (N-methyl/N-ethyl adjacent to an activating group) is 1. The van der Waals surface area contributed by atoms with Crippen LogP contribution in [0.2, 0.25) is 0 Å². The number of Topliss-reactive ketones (excluding diaryl/α,β-unsaturated/α-hetero) is 2. The molecular formula is C23H36N2O4. The standard InChI is InChI=1S/C23H36N2O4/c1-22-8-6-14(25-29-11-10-24-3)12-18(22)15(13-26)21(28)20-16-4-5-19(27)23(16,2)9-7-17(20)22/h15-18,20,24,26H,4-13H2,1-3H3/t15-,16+,17+,18?,20+,22-,23+/m1/s1. The van der Waals surface area contributed by atoms with Crippen LogP contribution in [0, 0.1) is 40.4 Å². The van der Waals surface area contributed by atoms with Gasteiger partial charge in [0.05, 0.1) is 12.3 Å². The maximum atomic E-state index is 13.6. The molecule has 7 atom stereocenters. The lowest BCUT2D eigenvalue weighted by molar-refractivity contribution is -0.166. The van der Waals surface area contributed by atoms with E-state index in [1.165, 1.54) is 0 Å². The Morgan fingerprint density at radius 1 is 1.14 bits per heavy atom. The molecule has 4 saturated carbocycles. The highest BCUT2D eigenvalue weighted by Gasteiger charge is 2.64. The van der Waals surface area contributed by atoms with E-state index in [0.29, 0.717) is 24.7 Å². The second kappa shape index (κ2) is 7.77. The van der Waals surface area contributed by atoms with Crippen LogP contribution in [0.25, 0.3) is 0 Å². The molecule has 4 fully saturated rings. The van der Waals surface area contributed by atoms with Crippen LogP contribution < -0.4 is 5.32 Å². The summed E-state index contributed by atoms with van der Waals surface area (Å²) in [7, 11) is 1.88.